The van der Waals surface area contributed by atoms with Crippen molar-refractivity contribution in [3.63, 3.8) is 0 Å². The van der Waals surface area contributed by atoms with Crippen molar-refractivity contribution in [1.29, 1.82) is 0 Å². The number of rotatable bonds is 10. The predicted molar refractivity (Wildman–Crippen MR) is 102 cm³/mol. The smallest absolute Gasteiger partial charge is 0.387 e. The van der Waals surface area contributed by atoms with E-state index in [1.54, 1.807) is 12.1 Å². The summed E-state index contributed by atoms with van der Waals surface area (Å²) in [6.45, 7) is -0.0492. The molecule has 156 valence electrons. The van der Waals surface area contributed by atoms with Crippen LogP contribution in [-0.2, 0) is 16.1 Å². The molecule has 0 radical (unpaired) electrons. The third-order valence-corrected chi connectivity index (χ3v) is 4.61. The van der Waals surface area contributed by atoms with Crippen molar-refractivity contribution < 1.29 is 23.1 Å². The van der Waals surface area contributed by atoms with Gasteiger partial charge in [-0.2, -0.15) is 8.78 Å². The summed E-state index contributed by atoms with van der Waals surface area (Å²) in [5.74, 6) is 0.248. The molecule has 1 aliphatic rings. The van der Waals surface area contributed by atoms with E-state index in [9.17, 15) is 18.4 Å². The lowest BCUT2D eigenvalue weighted by Gasteiger charge is -2.21. The molecule has 6 nitrogen and oxygen atoms in total. The Balaban J connectivity index is 1.63. The van der Waals surface area contributed by atoms with Crippen molar-refractivity contribution in [2.75, 3.05) is 33.2 Å². The Kier molecular flexibility index (Phi) is 9.13. The van der Waals surface area contributed by atoms with Crippen LogP contribution in [0.15, 0.2) is 24.3 Å². The highest BCUT2D eigenvalue weighted by Gasteiger charge is 2.16. The van der Waals surface area contributed by atoms with Gasteiger partial charge in [-0.25, -0.2) is 0 Å². The normalized spacial score (nSPS) is 15.0. The highest BCUT2D eigenvalue weighted by Crippen LogP contribution is 2.15. The van der Waals surface area contributed by atoms with Gasteiger partial charge in [-0.15, -0.1) is 0 Å². The Hall–Kier alpha value is -2.22. The Bertz CT molecular complexity index is 626. The van der Waals surface area contributed by atoms with Gasteiger partial charge >= 0.3 is 6.61 Å². The van der Waals surface area contributed by atoms with Crippen LogP contribution in [0.4, 0.5) is 8.78 Å². The minimum absolute atomic E-state index is 0.0812. The fourth-order valence-electron chi connectivity index (χ4n) is 3.22. The number of benzene rings is 1. The first-order chi connectivity index (χ1) is 13.4. The number of carbonyl (C=O) groups is 2. The predicted octanol–water partition coefficient (Wildman–Crippen LogP) is 2.63. The van der Waals surface area contributed by atoms with E-state index in [4.69, 9.17) is 0 Å². The van der Waals surface area contributed by atoms with Crippen molar-refractivity contribution in [2.45, 2.75) is 45.3 Å². The molecule has 0 aromatic heterocycles. The van der Waals surface area contributed by atoms with Gasteiger partial charge in [0.05, 0.1) is 6.54 Å². The average molecular weight is 397 g/mol. The second kappa shape index (κ2) is 11.6. The van der Waals surface area contributed by atoms with Crippen LogP contribution in [0, 0.1) is 0 Å². The van der Waals surface area contributed by atoms with E-state index in [2.05, 4.69) is 10.1 Å². The van der Waals surface area contributed by atoms with E-state index in [0.29, 0.717) is 26.1 Å². The molecule has 1 fully saturated rings. The summed E-state index contributed by atoms with van der Waals surface area (Å²) < 4.78 is 28.6. The van der Waals surface area contributed by atoms with Gasteiger partial charge in [0, 0.05) is 32.6 Å². The zero-order valence-electron chi connectivity index (χ0n) is 16.3. The molecule has 1 aromatic rings. The fourth-order valence-corrected chi connectivity index (χ4v) is 3.22. The number of likely N-dealkylation sites (N-methyl/N-ethyl adjacent to an activating group) is 1. The molecule has 2 amide bonds. The summed E-state index contributed by atoms with van der Waals surface area (Å²) in [5, 5.41) is 2.88. The molecule has 0 atom stereocenters. The number of alkyl halides is 2. The molecular weight excluding hydrogens is 368 g/mol. The number of hydrogen-bond acceptors (Lipinski definition) is 4. The number of hydrogen-bond donors (Lipinski definition) is 1. The number of nitrogens with zero attached hydrogens (tertiary/aromatic N) is 2. The highest BCUT2D eigenvalue weighted by atomic mass is 19.3. The molecule has 8 heteroatoms. The molecule has 0 bridgehead atoms. The quantitative estimate of drug-likeness (QED) is 0.617. The first kappa shape index (κ1) is 22.1. The van der Waals surface area contributed by atoms with E-state index < -0.39 is 6.61 Å². The summed E-state index contributed by atoms with van der Waals surface area (Å²) in [4.78, 5) is 27.7. The van der Waals surface area contributed by atoms with Gasteiger partial charge in [0.15, 0.2) is 0 Å². The van der Waals surface area contributed by atoms with E-state index in [1.807, 2.05) is 16.8 Å². The van der Waals surface area contributed by atoms with Gasteiger partial charge in [0.2, 0.25) is 11.8 Å². The maximum absolute atomic E-state index is 12.2. The molecule has 0 saturated carbocycles. The van der Waals surface area contributed by atoms with E-state index in [-0.39, 0.29) is 24.1 Å². The van der Waals surface area contributed by atoms with Gasteiger partial charge in [0.1, 0.15) is 5.75 Å². The second-order valence-corrected chi connectivity index (χ2v) is 7.09. The number of nitrogens with one attached hydrogen (secondary N) is 1. The van der Waals surface area contributed by atoms with E-state index >= 15 is 0 Å². The molecule has 0 unspecified atom stereocenters. The van der Waals surface area contributed by atoms with Crippen LogP contribution in [0.25, 0.3) is 0 Å². The Morgan fingerprint density at radius 1 is 1.25 bits per heavy atom. The van der Waals surface area contributed by atoms with Gasteiger partial charge < -0.3 is 15.0 Å². The van der Waals surface area contributed by atoms with Crippen LogP contribution in [0.1, 0.15) is 37.7 Å². The third-order valence-electron chi connectivity index (χ3n) is 4.61. The highest BCUT2D eigenvalue weighted by molar-refractivity contribution is 5.78. The van der Waals surface area contributed by atoms with Crippen LogP contribution in [0.2, 0.25) is 0 Å². The molecule has 1 saturated heterocycles. The lowest BCUT2D eigenvalue weighted by atomic mass is 10.2. The molecule has 1 aliphatic heterocycles. The zero-order valence-corrected chi connectivity index (χ0v) is 16.3. The van der Waals surface area contributed by atoms with Crippen LogP contribution in [0.3, 0.4) is 0 Å². The van der Waals surface area contributed by atoms with Crippen LogP contribution in [0.5, 0.6) is 5.75 Å². The zero-order chi connectivity index (χ0) is 20.4. The molecule has 0 aliphatic carbocycles. The first-order valence-electron chi connectivity index (χ1n) is 9.71. The number of likely N-dealkylation sites (tertiary alicyclic amines) is 1. The summed E-state index contributed by atoms with van der Waals surface area (Å²) in [6, 6.07) is 6.37. The number of carbonyl (C=O) groups excluding carboxylic acids is 2. The monoisotopic (exact) mass is 397 g/mol. The molecular formula is C20H29F2N3O3. The molecule has 28 heavy (non-hydrogen) atoms. The van der Waals surface area contributed by atoms with Gasteiger partial charge in [-0.1, -0.05) is 18.6 Å². The summed E-state index contributed by atoms with van der Waals surface area (Å²) in [7, 11) is 1.82. The molecule has 1 aromatic carbocycles. The fraction of sp³-hybridized carbons (Fsp3) is 0.600. The Morgan fingerprint density at radius 2 is 2.00 bits per heavy atom. The SMILES string of the molecule is CN(CC(=O)NCCCN1CCCCCC1=O)Cc1ccc(OC(F)F)cc1. The standard InChI is InChI=1S/C20H29F2N3O3/c1-24(14-16-7-9-17(10-8-16)28-20(21)22)15-18(26)23-11-5-13-25-12-4-2-3-6-19(25)27/h7-10,20H,2-6,11-15H2,1H3,(H,23,26). The van der Waals surface area contributed by atoms with Crippen molar-refractivity contribution in [1.82, 2.24) is 15.1 Å². The van der Waals surface area contributed by atoms with Gasteiger partial charge in [-0.05, 0) is 44.0 Å². The largest absolute Gasteiger partial charge is 0.435 e. The Morgan fingerprint density at radius 3 is 2.71 bits per heavy atom. The number of ether oxygens (including phenoxy) is 1. The van der Waals surface area contributed by atoms with E-state index in [1.165, 1.54) is 12.1 Å². The molecule has 1 N–H and O–H groups in total. The van der Waals surface area contributed by atoms with Crippen molar-refractivity contribution in [3.8, 4) is 5.75 Å². The van der Waals surface area contributed by atoms with Crippen LogP contribution < -0.4 is 10.1 Å². The molecule has 0 spiro atoms. The molecule has 2 rings (SSSR count). The lowest BCUT2D eigenvalue weighted by Crippen LogP contribution is -2.37. The minimum atomic E-state index is -2.84. The summed E-state index contributed by atoms with van der Waals surface area (Å²) in [5.41, 5.74) is 0.900. The second-order valence-electron chi connectivity index (χ2n) is 7.09. The lowest BCUT2D eigenvalue weighted by molar-refractivity contribution is -0.130. The first-order valence-corrected chi connectivity index (χ1v) is 9.71. The van der Waals surface area contributed by atoms with Crippen LogP contribution >= 0.6 is 0 Å². The van der Waals surface area contributed by atoms with Crippen LogP contribution in [-0.4, -0.2) is 61.5 Å². The van der Waals surface area contributed by atoms with Crippen molar-refractivity contribution >= 4 is 11.8 Å². The maximum atomic E-state index is 12.2. The third kappa shape index (κ3) is 8.21. The van der Waals surface area contributed by atoms with Crippen molar-refractivity contribution in [2.24, 2.45) is 0 Å². The summed E-state index contributed by atoms with van der Waals surface area (Å²) in [6.07, 6.45) is 4.50. The number of halogens is 2. The maximum Gasteiger partial charge on any atom is 0.387 e. The topological polar surface area (TPSA) is 61.9 Å². The molecule has 1 heterocycles. The van der Waals surface area contributed by atoms with E-state index in [0.717, 1.165) is 37.8 Å². The van der Waals surface area contributed by atoms with Gasteiger partial charge in [0.25, 0.3) is 0 Å². The number of amides is 2. The van der Waals surface area contributed by atoms with Gasteiger partial charge in [-0.3, -0.25) is 14.5 Å². The Labute approximate surface area is 164 Å². The van der Waals surface area contributed by atoms with Crippen molar-refractivity contribution in [3.05, 3.63) is 29.8 Å². The minimum Gasteiger partial charge on any atom is -0.435 e. The average Bonchev–Trinajstić information content (AvgIpc) is 2.84. The summed E-state index contributed by atoms with van der Waals surface area (Å²) >= 11 is 0.